The van der Waals surface area contributed by atoms with Crippen LogP contribution in [0.3, 0.4) is 0 Å². The monoisotopic (exact) mass is 212 g/mol. The van der Waals surface area contributed by atoms with E-state index in [0.717, 1.165) is 17.0 Å². The van der Waals surface area contributed by atoms with E-state index in [-0.39, 0.29) is 12.0 Å². The summed E-state index contributed by atoms with van der Waals surface area (Å²) in [6, 6.07) is 6.00. The van der Waals surface area contributed by atoms with Crippen molar-refractivity contribution in [3.63, 3.8) is 0 Å². The van der Waals surface area contributed by atoms with E-state index >= 15 is 0 Å². The Hall–Kier alpha value is -0.530. The van der Waals surface area contributed by atoms with E-state index in [9.17, 15) is 5.11 Å². The third-order valence-electron chi connectivity index (χ3n) is 2.30. The maximum atomic E-state index is 9.17. The summed E-state index contributed by atoms with van der Waals surface area (Å²) in [6.45, 7) is 6.29. The Labute approximate surface area is 90.7 Å². The lowest BCUT2D eigenvalue weighted by atomic mass is 9.86. The van der Waals surface area contributed by atoms with Crippen LogP contribution in [0.2, 0.25) is 5.02 Å². The molecule has 14 heavy (non-hydrogen) atoms. The maximum Gasteiger partial charge on any atom is 0.0485 e. The molecule has 0 bridgehead atoms. The van der Waals surface area contributed by atoms with Crippen molar-refractivity contribution in [3.05, 3.63) is 34.3 Å². The van der Waals surface area contributed by atoms with E-state index < -0.39 is 0 Å². The second-order valence-electron chi connectivity index (χ2n) is 4.59. The van der Waals surface area contributed by atoms with Crippen LogP contribution in [0.1, 0.15) is 25.0 Å². The predicted octanol–water partition coefficient (Wildman–Crippen LogP) is 3.21. The van der Waals surface area contributed by atoms with E-state index in [4.69, 9.17) is 11.6 Å². The Balaban J connectivity index is 2.91. The average molecular weight is 213 g/mol. The minimum absolute atomic E-state index is 0.0998. The summed E-state index contributed by atoms with van der Waals surface area (Å²) in [7, 11) is 0. The van der Waals surface area contributed by atoms with Gasteiger partial charge in [0.1, 0.15) is 0 Å². The van der Waals surface area contributed by atoms with E-state index in [1.165, 1.54) is 5.56 Å². The van der Waals surface area contributed by atoms with E-state index in [0.29, 0.717) is 0 Å². The summed E-state index contributed by atoms with van der Waals surface area (Å²) in [6.07, 6.45) is 0.810. The number of hydrogen-bond acceptors (Lipinski definition) is 1. The zero-order chi connectivity index (χ0) is 10.8. The number of aryl methyl sites for hydroxylation is 1. The molecule has 1 aromatic carbocycles. The van der Waals surface area contributed by atoms with E-state index in [1.807, 2.05) is 32.9 Å². The highest BCUT2D eigenvalue weighted by Crippen LogP contribution is 2.26. The summed E-state index contributed by atoms with van der Waals surface area (Å²) in [5.74, 6) is 0. The lowest BCUT2D eigenvalue weighted by Crippen LogP contribution is -2.19. The molecule has 78 valence electrons. The molecule has 1 N–H and O–H groups in total. The Morgan fingerprint density at radius 3 is 2.57 bits per heavy atom. The van der Waals surface area contributed by atoms with Gasteiger partial charge in [-0.05, 0) is 30.4 Å². The molecule has 1 rings (SSSR count). The second kappa shape index (κ2) is 4.33. The molecule has 0 unspecified atom stereocenters. The van der Waals surface area contributed by atoms with Crippen LogP contribution >= 0.6 is 11.6 Å². The van der Waals surface area contributed by atoms with Crippen molar-refractivity contribution in [2.24, 2.45) is 5.41 Å². The smallest absolute Gasteiger partial charge is 0.0485 e. The maximum absolute atomic E-state index is 9.17. The molecule has 2 heteroatoms. The van der Waals surface area contributed by atoms with Gasteiger partial charge in [-0.3, -0.25) is 0 Å². The first-order valence-electron chi connectivity index (χ1n) is 4.80. The third kappa shape index (κ3) is 3.00. The molecule has 0 heterocycles. The summed E-state index contributed by atoms with van der Waals surface area (Å²) in [5.41, 5.74) is 2.22. The molecule has 1 aromatic rings. The number of benzene rings is 1. The van der Waals surface area contributed by atoms with Crippen LogP contribution in [0, 0.1) is 12.3 Å². The topological polar surface area (TPSA) is 20.2 Å². The van der Waals surface area contributed by atoms with Gasteiger partial charge in [0.05, 0.1) is 0 Å². The van der Waals surface area contributed by atoms with Crippen LogP contribution in [-0.2, 0) is 6.42 Å². The lowest BCUT2D eigenvalue weighted by Gasteiger charge is -2.22. The number of hydrogen-bond donors (Lipinski definition) is 1. The van der Waals surface area contributed by atoms with Crippen LogP contribution in [0.15, 0.2) is 18.2 Å². The predicted molar refractivity (Wildman–Crippen MR) is 60.8 cm³/mol. The number of rotatable bonds is 3. The summed E-state index contributed by atoms with van der Waals surface area (Å²) >= 11 is 6.08. The van der Waals surface area contributed by atoms with Crippen LogP contribution in [0.4, 0.5) is 0 Å². The zero-order valence-corrected chi connectivity index (χ0v) is 9.73. The number of aliphatic hydroxyl groups is 1. The Morgan fingerprint density at radius 2 is 2.00 bits per heavy atom. The second-order valence-corrected chi connectivity index (χ2v) is 5.00. The highest BCUT2D eigenvalue weighted by atomic mass is 35.5. The molecule has 0 spiro atoms. The lowest BCUT2D eigenvalue weighted by molar-refractivity contribution is 0.159. The first-order valence-corrected chi connectivity index (χ1v) is 5.18. The Bertz CT molecular complexity index is 318. The molecule has 0 saturated carbocycles. The average Bonchev–Trinajstić information content (AvgIpc) is 2.11. The minimum Gasteiger partial charge on any atom is -0.396 e. The van der Waals surface area contributed by atoms with Gasteiger partial charge < -0.3 is 5.11 Å². The van der Waals surface area contributed by atoms with E-state index in [1.54, 1.807) is 0 Å². The Kier molecular flexibility index (Phi) is 3.57. The van der Waals surface area contributed by atoms with Gasteiger partial charge in [-0.1, -0.05) is 43.1 Å². The van der Waals surface area contributed by atoms with Gasteiger partial charge in [0, 0.05) is 11.6 Å². The van der Waals surface area contributed by atoms with Gasteiger partial charge in [0.25, 0.3) is 0 Å². The normalized spacial score (nSPS) is 11.8. The van der Waals surface area contributed by atoms with Crippen LogP contribution < -0.4 is 0 Å². The van der Waals surface area contributed by atoms with Gasteiger partial charge in [-0.2, -0.15) is 0 Å². The molecular formula is C12H17ClO. The fourth-order valence-corrected chi connectivity index (χ4v) is 1.59. The van der Waals surface area contributed by atoms with Crippen molar-refractivity contribution in [1.82, 2.24) is 0 Å². The van der Waals surface area contributed by atoms with Crippen molar-refractivity contribution in [3.8, 4) is 0 Å². The van der Waals surface area contributed by atoms with Crippen molar-refractivity contribution in [2.45, 2.75) is 27.2 Å². The highest BCUT2D eigenvalue weighted by molar-refractivity contribution is 6.31. The van der Waals surface area contributed by atoms with Crippen molar-refractivity contribution in [2.75, 3.05) is 6.61 Å². The molecule has 0 aromatic heterocycles. The highest BCUT2D eigenvalue weighted by Gasteiger charge is 2.18. The first-order chi connectivity index (χ1) is 6.44. The van der Waals surface area contributed by atoms with Gasteiger partial charge in [-0.25, -0.2) is 0 Å². The van der Waals surface area contributed by atoms with Crippen molar-refractivity contribution >= 4 is 11.6 Å². The largest absolute Gasteiger partial charge is 0.396 e. The molecule has 0 aliphatic heterocycles. The summed E-state index contributed by atoms with van der Waals surface area (Å²) in [4.78, 5) is 0. The molecule has 0 aliphatic rings. The third-order valence-corrected chi connectivity index (χ3v) is 2.67. The summed E-state index contributed by atoms with van der Waals surface area (Å²) < 4.78 is 0. The molecule has 0 amide bonds. The SMILES string of the molecule is Cc1ccc(Cl)c(CC(C)(C)CO)c1. The fraction of sp³-hybridized carbons (Fsp3) is 0.500. The zero-order valence-electron chi connectivity index (χ0n) is 8.97. The van der Waals surface area contributed by atoms with E-state index in [2.05, 4.69) is 6.07 Å². The van der Waals surface area contributed by atoms with Crippen LogP contribution in [-0.4, -0.2) is 11.7 Å². The molecule has 0 fully saturated rings. The molecule has 0 saturated heterocycles. The van der Waals surface area contributed by atoms with Crippen LogP contribution in [0.25, 0.3) is 0 Å². The Morgan fingerprint density at radius 1 is 1.36 bits per heavy atom. The van der Waals surface area contributed by atoms with Gasteiger partial charge >= 0.3 is 0 Å². The number of halogens is 1. The van der Waals surface area contributed by atoms with Crippen molar-refractivity contribution < 1.29 is 5.11 Å². The summed E-state index contributed by atoms with van der Waals surface area (Å²) in [5, 5.41) is 9.96. The molecule has 1 nitrogen and oxygen atoms in total. The standard InChI is InChI=1S/C12H17ClO/c1-9-4-5-11(13)10(6-9)7-12(2,3)8-14/h4-6,14H,7-8H2,1-3H3. The minimum atomic E-state index is -0.0998. The number of aliphatic hydroxyl groups excluding tert-OH is 1. The molecule has 0 aliphatic carbocycles. The van der Waals surface area contributed by atoms with Crippen molar-refractivity contribution in [1.29, 1.82) is 0 Å². The van der Waals surface area contributed by atoms with Gasteiger partial charge in [0.2, 0.25) is 0 Å². The molecule has 0 radical (unpaired) electrons. The fourth-order valence-electron chi connectivity index (χ4n) is 1.41. The quantitative estimate of drug-likeness (QED) is 0.816. The van der Waals surface area contributed by atoms with Crippen LogP contribution in [0.5, 0.6) is 0 Å². The van der Waals surface area contributed by atoms with Gasteiger partial charge in [-0.15, -0.1) is 0 Å². The molecule has 0 atom stereocenters. The first kappa shape index (κ1) is 11.5. The molecular weight excluding hydrogens is 196 g/mol. The van der Waals surface area contributed by atoms with Gasteiger partial charge in [0.15, 0.2) is 0 Å².